The summed E-state index contributed by atoms with van der Waals surface area (Å²) >= 11 is 1.63. The minimum atomic E-state index is -0.138. The smallest absolute Gasteiger partial charge is 0.254 e. The molecule has 0 saturated heterocycles. The first kappa shape index (κ1) is 25.6. The largest absolute Gasteiger partial charge is 0.382 e. The zero-order valence-corrected chi connectivity index (χ0v) is 21.5. The average molecular weight is 501 g/mol. The first-order valence-corrected chi connectivity index (χ1v) is 13.2. The maximum absolute atomic E-state index is 13.6. The Labute approximate surface area is 216 Å². The number of fused-ring (bicyclic) bond motifs is 1. The van der Waals surface area contributed by atoms with E-state index in [1.165, 1.54) is 0 Å². The lowest BCUT2D eigenvalue weighted by atomic mass is 10.1. The molecular formula is C30H32N2O3S. The third-order valence-corrected chi connectivity index (χ3v) is 6.89. The molecule has 36 heavy (non-hydrogen) atoms. The molecule has 2 amide bonds. The molecule has 0 fully saturated rings. The number of carbonyl (C=O) groups excluding carboxylic acids is 2. The van der Waals surface area contributed by atoms with E-state index in [1.54, 1.807) is 16.2 Å². The molecule has 186 valence electrons. The van der Waals surface area contributed by atoms with E-state index < -0.39 is 0 Å². The number of amides is 2. The number of nitrogens with zero attached hydrogens (tertiary/aromatic N) is 2. The quantitative estimate of drug-likeness (QED) is 0.224. The molecule has 0 atom stereocenters. The van der Waals surface area contributed by atoms with Crippen molar-refractivity contribution in [3.8, 4) is 0 Å². The van der Waals surface area contributed by atoms with Gasteiger partial charge in [0.25, 0.3) is 5.91 Å². The standard InChI is InChI=1S/C30H32N2O3S/c1-2-35-18-9-17-31(30(34)27-16-15-25-12-6-7-13-26(25)20-27)23-29(33)32(22-28-14-8-19-36-28)21-24-10-4-3-5-11-24/h3-8,10-16,19-20H,2,9,17-18,21-23H2,1H3. The molecule has 0 aliphatic carbocycles. The van der Waals surface area contributed by atoms with Crippen LogP contribution >= 0.6 is 11.3 Å². The number of hydrogen-bond acceptors (Lipinski definition) is 4. The van der Waals surface area contributed by atoms with Crippen LogP contribution in [0.1, 0.15) is 34.1 Å². The summed E-state index contributed by atoms with van der Waals surface area (Å²) in [5, 5.41) is 4.11. The Morgan fingerprint density at radius 3 is 2.36 bits per heavy atom. The number of thiophene rings is 1. The highest BCUT2D eigenvalue weighted by molar-refractivity contribution is 7.09. The minimum Gasteiger partial charge on any atom is -0.382 e. The molecule has 5 nitrogen and oxygen atoms in total. The minimum absolute atomic E-state index is 0.0238. The fourth-order valence-corrected chi connectivity index (χ4v) is 4.87. The highest BCUT2D eigenvalue weighted by Gasteiger charge is 2.23. The molecule has 3 aromatic carbocycles. The molecule has 0 spiro atoms. The van der Waals surface area contributed by atoms with Crippen LogP contribution in [0.5, 0.6) is 0 Å². The fourth-order valence-electron chi connectivity index (χ4n) is 4.15. The Morgan fingerprint density at radius 1 is 0.833 bits per heavy atom. The molecule has 4 aromatic rings. The predicted octanol–water partition coefficient (Wildman–Crippen LogP) is 6.00. The Balaban J connectivity index is 1.54. The van der Waals surface area contributed by atoms with Crippen LogP contribution < -0.4 is 0 Å². The summed E-state index contributed by atoms with van der Waals surface area (Å²) in [6.45, 7) is 4.62. The lowest BCUT2D eigenvalue weighted by Crippen LogP contribution is -2.43. The van der Waals surface area contributed by atoms with E-state index in [1.807, 2.05) is 102 Å². The van der Waals surface area contributed by atoms with Gasteiger partial charge in [-0.3, -0.25) is 9.59 Å². The predicted molar refractivity (Wildman–Crippen MR) is 146 cm³/mol. The molecule has 4 rings (SSSR count). The van der Waals surface area contributed by atoms with Gasteiger partial charge in [0, 0.05) is 36.7 Å². The fraction of sp³-hybridized carbons (Fsp3) is 0.267. The van der Waals surface area contributed by atoms with Gasteiger partial charge in [0.1, 0.15) is 6.54 Å². The van der Waals surface area contributed by atoms with Crippen molar-refractivity contribution in [2.24, 2.45) is 0 Å². The molecule has 6 heteroatoms. The van der Waals surface area contributed by atoms with Gasteiger partial charge in [0.2, 0.25) is 5.91 Å². The van der Waals surface area contributed by atoms with Gasteiger partial charge in [-0.15, -0.1) is 11.3 Å². The number of carbonyl (C=O) groups is 2. The summed E-state index contributed by atoms with van der Waals surface area (Å²) in [6.07, 6.45) is 0.671. The normalized spacial score (nSPS) is 10.9. The molecule has 0 aliphatic rings. The lowest BCUT2D eigenvalue weighted by molar-refractivity contribution is -0.133. The maximum Gasteiger partial charge on any atom is 0.254 e. The van der Waals surface area contributed by atoms with E-state index in [0.717, 1.165) is 21.2 Å². The van der Waals surface area contributed by atoms with Gasteiger partial charge in [0.15, 0.2) is 0 Å². The van der Waals surface area contributed by atoms with Crippen molar-refractivity contribution in [2.45, 2.75) is 26.4 Å². The summed E-state index contributed by atoms with van der Waals surface area (Å²) in [5.74, 6) is -0.209. The van der Waals surface area contributed by atoms with E-state index in [2.05, 4.69) is 0 Å². The van der Waals surface area contributed by atoms with Crippen LogP contribution in [0.4, 0.5) is 0 Å². The highest BCUT2D eigenvalue weighted by atomic mass is 32.1. The molecule has 0 saturated carbocycles. The van der Waals surface area contributed by atoms with Crippen molar-refractivity contribution in [1.82, 2.24) is 9.80 Å². The third kappa shape index (κ3) is 7.03. The number of benzene rings is 3. The second kappa shape index (κ2) is 13.0. The van der Waals surface area contributed by atoms with Crippen molar-refractivity contribution in [1.29, 1.82) is 0 Å². The Kier molecular flexibility index (Phi) is 9.25. The molecule has 0 N–H and O–H groups in total. The van der Waals surface area contributed by atoms with Crippen molar-refractivity contribution in [2.75, 3.05) is 26.3 Å². The molecule has 0 aliphatic heterocycles. The lowest BCUT2D eigenvalue weighted by Gasteiger charge is -2.28. The molecule has 0 bridgehead atoms. The summed E-state index contributed by atoms with van der Waals surface area (Å²) in [7, 11) is 0. The first-order chi connectivity index (χ1) is 17.6. The van der Waals surface area contributed by atoms with Gasteiger partial charge in [0.05, 0.1) is 6.54 Å². The third-order valence-electron chi connectivity index (χ3n) is 6.03. The molecule has 1 aromatic heterocycles. The van der Waals surface area contributed by atoms with Crippen molar-refractivity contribution in [3.05, 3.63) is 106 Å². The van der Waals surface area contributed by atoms with Crippen molar-refractivity contribution < 1.29 is 14.3 Å². The topological polar surface area (TPSA) is 49.9 Å². The van der Waals surface area contributed by atoms with E-state index >= 15 is 0 Å². The zero-order valence-electron chi connectivity index (χ0n) is 20.6. The van der Waals surface area contributed by atoms with Crippen molar-refractivity contribution >= 4 is 33.9 Å². The Bertz CT molecular complexity index is 1260. The van der Waals surface area contributed by atoms with Gasteiger partial charge in [-0.25, -0.2) is 0 Å². The van der Waals surface area contributed by atoms with Crippen LogP contribution in [0, 0.1) is 0 Å². The van der Waals surface area contributed by atoms with Gasteiger partial charge < -0.3 is 14.5 Å². The van der Waals surface area contributed by atoms with Crippen LogP contribution in [0.2, 0.25) is 0 Å². The van der Waals surface area contributed by atoms with Gasteiger partial charge in [-0.1, -0.05) is 66.7 Å². The van der Waals surface area contributed by atoms with Gasteiger partial charge in [-0.2, -0.15) is 0 Å². The van der Waals surface area contributed by atoms with Crippen LogP contribution in [0.15, 0.2) is 90.3 Å². The van der Waals surface area contributed by atoms with Crippen LogP contribution in [0.3, 0.4) is 0 Å². The molecule has 0 unspecified atom stereocenters. The number of ether oxygens (including phenoxy) is 1. The van der Waals surface area contributed by atoms with Crippen LogP contribution in [0.25, 0.3) is 10.8 Å². The second-order valence-corrected chi connectivity index (χ2v) is 9.69. The average Bonchev–Trinajstić information content (AvgIpc) is 3.43. The van der Waals surface area contributed by atoms with E-state index in [4.69, 9.17) is 4.74 Å². The van der Waals surface area contributed by atoms with Gasteiger partial charge in [-0.05, 0) is 53.3 Å². The molecule has 1 heterocycles. The Hall–Kier alpha value is -3.48. The van der Waals surface area contributed by atoms with Crippen molar-refractivity contribution in [3.63, 3.8) is 0 Å². The Morgan fingerprint density at radius 2 is 1.61 bits per heavy atom. The monoisotopic (exact) mass is 500 g/mol. The SMILES string of the molecule is CCOCCCN(CC(=O)N(Cc1ccccc1)Cc1cccs1)C(=O)c1ccc2ccccc2c1. The summed E-state index contributed by atoms with van der Waals surface area (Å²) in [6, 6.07) is 27.7. The molecular weight excluding hydrogens is 468 g/mol. The summed E-state index contributed by atoms with van der Waals surface area (Å²) in [5.41, 5.74) is 1.65. The second-order valence-electron chi connectivity index (χ2n) is 8.65. The summed E-state index contributed by atoms with van der Waals surface area (Å²) in [4.78, 5) is 31.8. The highest BCUT2D eigenvalue weighted by Crippen LogP contribution is 2.19. The van der Waals surface area contributed by atoms with E-state index in [0.29, 0.717) is 44.8 Å². The first-order valence-electron chi connectivity index (χ1n) is 12.3. The number of hydrogen-bond donors (Lipinski definition) is 0. The zero-order chi connectivity index (χ0) is 25.2. The molecule has 0 radical (unpaired) electrons. The van der Waals surface area contributed by atoms with E-state index in [9.17, 15) is 9.59 Å². The van der Waals surface area contributed by atoms with Crippen LogP contribution in [-0.4, -0.2) is 47.9 Å². The maximum atomic E-state index is 13.6. The van der Waals surface area contributed by atoms with E-state index in [-0.39, 0.29) is 18.4 Å². The van der Waals surface area contributed by atoms with Gasteiger partial charge >= 0.3 is 0 Å². The summed E-state index contributed by atoms with van der Waals surface area (Å²) < 4.78 is 5.50. The number of rotatable bonds is 12. The van der Waals surface area contributed by atoms with Crippen LogP contribution in [-0.2, 0) is 22.6 Å².